The van der Waals surface area contributed by atoms with Crippen molar-refractivity contribution >= 4 is 23.1 Å². The second-order valence-corrected chi connectivity index (χ2v) is 7.57. The van der Waals surface area contributed by atoms with Crippen LogP contribution in [0.5, 0.6) is 5.75 Å². The van der Waals surface area contributed by atoms with Gasteiger partial charge in [0.25, 0.3) is 0 Å². The number of hydrogen-bond acceptors (Lipinski definition) is 6. The minimum atomic E-state index is -0.392. The van der Waals surface area contributed by atoms with Gasteiger partial charge in [-0.15, -0.1) is 5.10 Å². The number of anilines is 2. The van der Waals surface area contributed by atoms with Crippen molar-refractivity contribution in [3.63, 3.8) is 0 Å². The van der Waals surface area contributed by atoms with Gasteiger partial charge < -0.3 is 15.0 Å². The largest absolute Gasteiger partial charge is 0.495 e. The van der Waals surface area contributed by atoms with E-state index in [0.717, 1.165) is 17.6 Å². The first-order valence-corrected chi connectivity index (χ1v) is 10.3. The van der Waals surface area contributed by atoms with E-state index in [4.69, 9.17) is 4.74 Å². The van der Waals surface area contributed by atoms with Crippen LogP contribution < -0.4 is 20.6 Å². The van der Waals surface area contributed by atoms with Gasteiger partial charge >= 0.3 is 5.69 Å². The van der Waals surface area contributed by atoms with Gasteiger partial charge in [0.1, 0.15) is 12.3 Å². The normalized spacial score (nSPS) is 13.1. The summed E-state index contributed by atoms with van der Waals surface area (Å²) in [6.07, 6.45) is 4.05. The van der Waals surface area contributed by atoms with Crippen molar-refractivity contribution in [3.8, 4) is 5.75 Å². The van der Waals surface area contributed by atoms with Gasteiger partial charge in [-0.1, -0.05) is 36.4 Å². The summed E-state index contributed by atoms with van der Waals surface area (Å²) < 4.78 is 7.84. The van der Waals surface area contributed by atoms with E-state index in [-0.39, 0.29) is 12.5 Å². The predicted molar refractivity (Wildman–Crippen MR) is 120 cm³/mol. The van der Waals surface area contributed by atoms with E-state index >= 15 is 0 Å². The van der Waals surface area contributed by atoms with E-state index in [1.165, 1.54) is 22.6 Å². The molecule has 0 saturated heterocycles. The van der Waals surface area contributed by atoms with E-state index in [2.05, 4.69) is 32.4 Å². The van der Waals surface area contributed by atoms with Crippen molar-refractivity contribution in [2.24, 2.45) is 0 Å². The van der Waals surface area contributed by atoms with Crippen LogP contribution in [0.4, 0.5) is 11.5 Å². The molecular weight excluding hydrogens is 408 g/mol. The molecule has 2 aromatic carbocycles. The lowest BCUT2D eigenvalue weighted by atomic mass is 10.00. The minimum absolute atomic E-state index is 0.221. The van der Waals surface area contributed by atoms with Crippen molar-refractivity contribution in [2.75, 3.05) is 23.9 Å². The molecular formula is C23H22N6O3. The number of para-hydroxylation sites is 2. The molecule has 0 saturated carbocycles. The third kappa shape index (κ3) is 3.58. The minimum Gasteiger partial charge on any atom is -0.495 e. The predicted octanol–water partition coefficient (Wildman–Crippen LogP) is 2.10. The zero-order chi connectivity index (χ0) is 22.1. The zero-order valence-corrected chi connectivity index (χ0v) is 17.6. The lowest BCUT2D eigenvalue weighted by Crippen LogP contribution is -2.31. The number of amides is 1. The molecule has 1 amide bonds. The van der Waals surface area contributed by atoms with Crippen LogP contribution in [0.2, 0.25) is 0 Å². The van der Waals surface area contributed by atoms with Crippen molar-refractivity contribution < 1.29 is 9.53 Å². The lowest BCUT2D eigenvalue weighted by molar-refractivity contribution is -0.117. The second kappa shape index (κ2) is 8.18. The number of nitrogens with one attached hydrogen (secondary N) is 1. The highest BCUT2D eigenvalue weighted by Crippen LogP contribution is 2.25. The Morgan fingerprint density at radius 1 is 1.12 bits per heavy atom. The van der Waals surface area contributed by atoms with Gasteiger partial charge in [-0.3, -0.25) is 4.79 Å². The number of nitrogens with zero attached hydrogens (tertiary/aromatic N) is 5. The molecule has 1 N–H and O–H groups in total. The van der Waals surface area contributed by atoms with Crippen LogP contribution in [0.3, 0.4) is 0 Å². The maximum Gasteiger partial charge on any atom is 0.350 e. The molecule has 5 rings (SSSR count). The maximum absolute atomic E-state index is 12.9. The lowest BCUT2D eigenvalue weighted by Gasteiger charge is -2.29. The first-order chi connectivity index (χ1) is 15.6. The Balaban J connectivity index is 1.42. The summed E-state index contributed by atoms with van der Waals surface area (Å²) in [6, 6.07) is 15.4. The van der Waals surface area contributed by atoms with Crippen LogP contribution in [-0.4, -0.2) is 38.7 Å². The molecule has 9 nitrogen and oxygen atoms in total. The summed E-state index contributed by atoms with van der Waals surface area (Å²) in [5.41, 5.74) is 3.14. The molecule has 0 bridgehead atoms. The summed E-state index contributed by atoms with van der Waals surface area (Å²) in [5.74, 6) is 0.796. The van der Waals surface area contributed by atoms with Crippen molar-refractivity contribution in [3.05, 3.63) is 82.5 Å². The molecule has 0 unspecified atom stereocenters. The fraction of sp³-hybridized carbons (Fsp3) is 0.217. The quantitative estimate of drug-likeness (QED) is 0.521. The summed E-state index contributed by atoms with van der Waals surface area (Å²) in [6.45, 7) is 1.25. The number of hydrogen-bond donors (Lipinski definition) is 1. The van der Waals surface area contributed by atoms with Gasteiger partial charge in [0.2, 0.25) is 11.6 Å². The standard InChI is InChI=1S/C23H22N6O3/c1-32-19-9-5-4-8-18(19)25-20(30)15-29-23(31)28-13-11-24-21(22(28)26-29)27-12-10-16-6-2-3-7-17(16)14-27/h2-9,11,13H,10,12,14-15H2,1H3,(H,25,30). The Hall–Kier alpha value is -4.14. The van der Waals surface area contributed by atoms with Crippen molar-refractivity contribution in [1.29, 1.82) is 0 Å². The van der Waals surface area contributed by atoms with E-state index in [1.54, 1.807) is 30.6 Å². The smallest absolute Gasteiger partial charge is 0.350 e. The fourth-order valence-electron chi connectivity index (χ4n) is 4.01. The molecule has 9 heteroatoms. The monoisotopic (exact) mass is 430 g/mol. The van der Waals surface area contributed by atoms with Gasteiger partial charge in [-0.05, 0) is 29.7 Å². The van der Waals surface area contributed by atoms with Crippen LogP contribution in [0.1, 0.15) is 11.1 Å². The molecule has 1 aliphatic rings. The Kier molecular flexibility index (Phi) is 5.06. The first kappa shape index (κ1) is 19.8. The van der Waals surface area contributed by atoms with Crippen LogP contribution in [0.15, 0.2) is 65.7 Å². The molecule has 0 atom stereocenters. The summed E-state index contributed by atoms with van der Waals surface area (Å²) in [4.78, 5) is 32.1. The maximum atomic E-state index is 12.9. The molecule has 3 heterocycles. The molecule has 0 fully saturated rings. The SMILES string of the molecule is COc1ccccc1NC(=O)Cn1nc2c(N3CCc4ccccc4C3)nccn2c1=O. The van der Waals surface area contributed by atoms with Gasteiger partial charge in [-0.2, -0.15) is 0 Å². The third-order valence-corrected chi connectivity index (χ3v) is 5.59. The Morgan fingerprint density at radius 2 is 1.91 bits per heavy atom. The highest BCUT2D eigenvalue weighted by atomic mass is 16.5. The number of rotatable bonds is 5. The third-order valence-electron chi connectivity index (χ3n) is 5.59. The number of carbonyl (C=O) groups excluding carboxylic acids is 1. The van der Waals surface area contributed by atoms with E-state index < -0.39 is 5.69 Å². The molecule has 162 valence electrons. The zero-order valence-electron chi connectivity index (χ0n) is 17.6. The van der Waals surface area contributed by atoms with Gasteiger partial charge in [0.15, 0.2) is 5.82 Å². The summed E-state index contributed by atoms with van der Waals surface area (Å²) in [7, 11) is 1.53. The molecule has 32 heavy (non-hydrogen) atoms. The van der Waals surface area contributed by atoms with Crippen LogP contribution >= 0.6 is 0 Å². The topological polar surface area (TPSA) is 93.8 Å². The molecule has 0 aliphatic carbocycles. The first-order valence-electron chi connectivity index (χ1n) is 10.3. The van der Waals surface area contributed by atoms with Gasteiger partial charge in [0, 0.05) is 25.5 Å². The number of carbonyl (C=O) groups is 1. The Bertz CT molecular complexity index is 1360. The van der Waals surface area contributed by atoms with Crippen LogP contribution in [-0.2, 0) is 24.3 Å². The second-order valence-electron chi connectivity index (χ2n) is 7.57. The summed E-state index contributed by atoms with van der Waals surface area (Å²) in [5, 5.41) is 7.21. The molecule has 2 aromatic heterocycles. The number of aromatic nitrogens is 4. The molecule has 1 aliphatic heterocycles. The highest BCUT2D eigenvalue weighted by molar-refractivity contribution is 5.92. The average molecular weight is 430 g/mol. The van der Waals surface area contributed by atoms with Gasteiger partial charge in [-0.25, -0.2) is 18.9 Å². The Morgan fingerprint density at radius 3 is 2.75 bits per heavy atom. The van der Waals surface area contributed by atoms with Gasteiger partial charge in [0.05, 0.1) is 12.8 Å². The van der Waals surface area contributed by atoms with Crippen LogP contribution in [0, 0.1) is 0 Å². The van der Waals surface area contributed by atoms with Crippen molar-refractivity contribution in [2.45, 2.75) is 19.5 Å². The number of benzene rings is 2. The summed E-state index contributed by atoms with van der Waals surface area (Å²) >= 11 is 0. The van der Waals surface area contributed by atoms with E-state index in [9.17, 15) is 9.59 Å². The fourth-order valence-corrected chi connectivity index (χ4v) is 4.01. The van der Waals surface area contributed by atoms with E-state index in [1.807, 2.05) is 18.2 Å². The molecule has 0 radical (unpaired) electrons. The Labute approximate surface area is 183 Å². The van der Waals surface area contributed by atoms with Crippen LogP contribution in [0.25, 0.3) is 5.65 Å². The molecule has 4 aromatic rings. The number of methoxy groups -OCH3 is 1. The average Bonchev–Trinajstić information content (AvgIpc) is 3.14. The highest BCUT2D eigenvalue weighted by Gasteiger charge is 2.22. The van der Waals surface area contributed by atoms with E-state index in [0.29, 0.717) is 29.4 Å². The number of fused-ring (bicyclic) bond motifs is 2. The molecule has 0 spiro atoms. The van der Waals surface area contributed by atoms with Crippen molar-refractivity contribution in [1.82, 2.24) is 19.2 Å². The number of ether oxygens (including phenoxy) is 1.